The summed E-state index contributed by atoms with van der Waals surface area (Å²) < 4.78 is 18.6. The summed E-state index contributed by atoms with van der Waals surface area (Å²) in [4.78, 5) is 0. The van der Waals surface area contributed by atoms with Gasteiger partial charge in [0, 0.05) is 10.6 Å². The van der Waals surface area contributed by atoms with Crippen LogP contribution >= 0.6 is 11.6 Å². The van der Waals surface area contributed by atoms with Crippen LogP contribution in [0.4, 0.5) is 4.39 Å². The van der Waals surface area contributed by atoms with Crippen molar-refractivity contribution < 1.29 is 14.3 Å². The monoisotopic (exact) mass is 293 g/mol. The third-order valence-electron chi connectivity index (χ3n) is 2.82. The first kappa shape index (κ1) is 14.3. The van der Waals surface area contributed by atoms with Crippen LogP contribution in [0.5, 0.6) is 5.75 Å². The number of hydrogen-bond donors (Lipinski definition) is 1. The molecule has 0 spiro atoms. The van der Waals surface area contributed by atoms with E-state index in [0.717, 1.165) is 5.56 Å². The molecule has 0 aliphatic rings. The molecule has 0 radical (unpaired) electrons. The number of benzene rings is 2. The van der Waals surface area contributed by atoms with Crippen molar-refractivity contribution in [1.29, 1.82) is 0 Å². The molecule has 0 heterocycles. The molecule has 2 rings (SSSR count). The lowest BCUT2D eigenvalue weighted by Crippen LogP contribution is -1.98. The summed E-state index contributed by atoms with van der Waals surface area (Å²) >= 11 is 5.96. The van der Waals surface area contributed by atoms with Crippen LogP contribution in [0.2, 0.25) is 5.02 Å². The minimum Gasteiger partial charge on any atom is -0.489 e. The Kier molecular flexibility index (Phi) is 4.58. The van der Waals surface area contributed by atoms with E-state index < -0.39 is 0 Å². The van der Waals surface area contributed by atoms with Gasteiger partial charge in [0.15, 0.2) is 0 Å². The topological polar surface area (TPSA) is 41.8 Å². The normalized spacial score (nSPS) is 11.4. The Labute approximate surface area is 121 Å². The Balaban J connectivity index is 2.06. The Morgan fingerprint density at radius 2 is 1.95 bits per heavy atom. The van der Waals surface area contributed by atoms with E-state index in [-0.39, 0.29) is 12.4 Å². The molecule has 0 aliphatic heterocycles. The summed E-state index contributed by atoms with van der Waals surface area (Å²) in [7, 11) is 0. The number of ether oxygens (including phenoxy) is 1. The Hall–Kier alpha value is -2.07. The summed E-state index contributed by atoms with van der Waals surface area (Å²) in [5.74, 6) is 0.276. The van der Waals surface area contributed by atoms with E-state index in [9.17, 15) is 4.39 Å². The quantitative estimate of drug-likeness (QED) is 0.520. The van der Waals surface area contributed by atoms with Crippen LogP contribution < -0.4 is 4.74 Å². The molecule has 2 aromatic carbocycles. The van der Waals surface area contributed by atoms with Gasteiger partial charge in [-0.25, -0.2) is 4.39 Å². The SMILES string of the molecule is C/C(=N/O)c1ccc(OCc2cc(F)ccc2Cl)cc1. The van der Waals surface area contributed by atoms with E-state index in [4.69, 9.17) is 21.5 Å². The Morgan fingerprint density at radius 1 is 1.25 bits per heavy atom. The fourth-order valence-corrected chi connectivity index (χ4v) is 1.84. The van der Waals surface area contributed by atoms with Crippen LogP contribution in [0.15, 0.2) is 47.6 Å². The van der Waals surface area contributed by atoms with Gasteiger partial charge in [-0.2, -0.15) is 0 Å². The molecule has 0 bridgehead atoms. The van der Waals surface area contributed by atoms with Crippen molar-refractivity contribution >= 4 is 17.3 Å². The summed E-state index contributed by atoms with van der Waals surface area (Å²) in [5.41, 5.74) is 1.90. The molecule has 2 aromatic rings. The van der Waals surface area contributed by atoms with Crippen molar-refractivity contribution in [3.8, 4) is 5.75 Å². The number of oxime groups is 1. The molecule has 20 heavy (non-hydrogen) atoms. The van der Waals surface area contributed by atoms with Crippen molar-refractivity contribution in [1.82, 2.24) is 0 Å². The molecular weight excluding hydrogens is 281 g/mol. The maximum absolute atomic E-state index is 13.1. The first-order valence-electron chi connectivity index (χ1n) is 5.96. The van der Waals surface area contributed by atoms with E-state index in [1.807, 2.05) is 0 Å². The molecule has 0 saturated carbocycles. The number of hydrogen-bond acceptors (Lipinski definition) is 3. The highest BCUT2D eigenvalue weighted by Crippen LogP contribution is 2.20. The van der Waals surface area contributed by atoms with Gasteiger partial charge in [0.05, 0.1) is 5.71 Å². The second-order valence-corrected chi connectivity index (χ2v) is 4.64. The highest BCUT2D eigenvalue weighted by molar-refractivity contribution is 6.31. The predicted molar refractivity (Wildman–Crippen MR) is 76.2 cm³/mol. The summed E-state index contributed by atoms with van der Waals surface area (Å²) in [6.45, 7) is 1.88. The smallest absolute Gasteiger partial charge is 0.123 e. The zero-order chi connectivity index (χ0) is 14.5. The van der Waals surface area contributed by atoms with Gasteiger partial charge in [-0.1, -0.05) is 16.8 Å². The van der Waals surface area contributed by atoms with Crippen molar-refractivity contribution in [2.24, 2.45) is 5.16 Å². The van der Waals surface area contributed by atoms with Crippen molar-refractivity contribution in [3.63, 3.8) is 0 Å². The minimum absolute atomic E-state index is 0.184. The van der Waals surface area contributed by atoms with Gasteiger partial charge >= 0.3 is 0 Å². The molecule has 0 saturated heterocycles. The minimum atomic E-state index is -0.349. The second-order valence-electron chi connectivity index (χ2n) is 4.23. The number of halogens is 2. The maximum Gasteiger partial charge on any atom is 0.123 e. The van der Waals surface area contributed by atoms with E-state index in [0.29, 0.717) is 22.0 Å². The summed E-state index contributed by atoms with van der Waals surface area (Å²) in [5, 5.41) is 12.3. The first-order chi connectivity index (χ1) is 9.60. The third kappa shape index (κ3) is 3.48. The van der Waals surface area contributed by atoms with E-state index in [1.165, 1.54) is 18.2 Å². The molecule has 3 nitrogen and oxygen atoms in total. The highest BCUT2D eigenvalue weighted by atomic mass is 35.5. The highest BCUT2D eigenvalue weighted by Gasteiger charge is 2.04. The van der Waals surface area contributed by atoms with Crippen LogP contribution in [0, 0.1) is 5.82 Å². The van der Waals surface area contributed by atoms with E-state index >= 15 is 0 Å². The zero-order valence-electron chi connectivity index (χ0n) is 10.8. The lowest BCUT2D eigenvalue weighted by atomic mass is 10.1. The molecule has 0 amide bonds. The average molecular weight is 294 g/mol. The van der Waals surface area contributed by atoms with Crippen LogP contribution in [-0.2, 0) is 6.61 Å². The summed E-state index contributed by atoms with van der Waals surface area (Å²) in [6.07, 6.45) is 0. The van der Waals surface area contributed by atoms with Crippen molar-refractivity contribution in [3.05, 3.63) is 64.4 Å². The van der Waals surface area contributed by atoms with Gasteiger partial charge < -0.3 is 9.94 Å². The third-order valence-corrected chi connectivity index (χ3v) is 3.19. The Morgan fingerprint density at radius 3 is 2.60 bits per heavy atom. The standard InChI is InChI=1S/C15H13ClFNO2/c1-10(18-19)11-2-5-14(6-3-11)20-9-12-8-13(17)4-7-15(12)16/h2-8,19H,9H2,1H3/b18-10-. The molecular formula is C15H13ClFNO2. The Bertz CT molecular complexity index is 626. The number of nitrogens with zero attached hydrogens (tertiary/aromatic N) is 1. The fraction of sp³-hybridized carbons (Fsp3) is 0.133. The van der Waals surface area contributed by atoms with Crippen LogP contribution in [0.3, 0.4) is 0 Å². The van der Waals surface area contributed by atoms with Gasteiger partial charge in [-0.15, -0.1) is 0 Å². The first-order valence-corrected chi connectivity index (χ1v) is 6.34. The van der Waals surface area contributed by atoms with Crippen molar-refractivity contribution in [2.45, 2.75) is 13.5 Å². The second kappa shape index (κ2) is 6.39. The molecule has 0 unspecified atom stereocenters. The van der Waals surface area contributed by atoms with Gasteiger partial charge in [0.25, 0.3) is 0 Å². The molecule has 0 aliphatic carbocycles. The van der Waals surface area contributed by atoms with E-state index in [1.54, 1.807) is 31.2 Å². The zero-order valence-corrected chi connectivity index (χ0v) is 11.6. The molecule has 0 atom stereocenters. The fourth-order valence-electron chi connectivity index (χ4n) is 1.67. The maximum atomic E-state index is 13.1. The lowest BCUT2D eigenvalue weighted by molar-refractivity contribution is 0.305. The van der Waals surface area contributed by atoms with Crippen molar-refractivity contribution in [2.75, 3.05) is 0 Å². The predicted octanol–water partition coefficient (Wildman–Crippen LogP) is 4.26. The van der Waals surface area contributed by atoms with Gasteiger partial charge in [0.1, 0.15) is 18.2 Å². The largest absolute Gasteiger partial charge is 0.489 e. The number of rotatable bonds is 4. The average Bonchev–Trinajstić information content (AvgIpc) is 2.48. The van der Waals surface area contributed by atoms with E-state index in [2.05, 4.69) is 5.16 Å². The summed E-state index contributed by atoms with van der Waals surface area (Å²) in [6, 6.07) is 11.2. The molecule has 1 N–H and O–H groups in total. The van der Waals surface area contributed by atoms with Gasteiger partial charge in [-0.3, -0.25) is 0 Å². The van der Waals surface area contributed by atoms with Crippen LogP contribution in [0.25, 0.3) is 0 Å². The van der Waals surface area contributed by atoms with Gasteiger partial charge in [0.2, 0.25) is 0 Å². The van der Waals surface area contributed by atoms with Crippen LogP contribution in [-0.4, -0.2) is 10.9 Å². The molecule has 104 valence electrons. The van der Waals surface area contributed by atoms with Crippen LogP contribution in [0.1, 0.15) is 18.1 Å². The molecule has 5 heteroatoms. The van der Waals surface area contributed by atoms with Gasteiger partial charge in [-0.05, 0) is 55.0 Å². The molecule has 0 aromatic heterocycles. The molecule has 0 fully saturated rings. The lowest BCUT2D eigenvalue weighted by Gasteiger charge is -2.08.